The van der Waals surface area contributed by atoms with E-state index in [4.69, 9.17) is 14.3 Å². The Morgan fingerprint density at radius 1 is 1.44 bits per heavy atom. The predicted molar refractivity (Wildman–Crippen MR) is 63.7 cm³/mol. The van der Waals surface area contributed by atoms with Crippen LogP contribution in [-0.4, -0.2) is 16.1 Å². The smallest absolute Gasteiger partial charge is 0.372 e. The number of furan rings is 1. The number of pyridine rings is 1. The summed E-state index contributed by atoms with van der Waals surface area (Å²) in [6.45, 7) is 3.75. The third-order valence-corrected chi connectivity index (χ3v) is 2.43. The number of hydrogen-bond acceptors (Lipinski definition) is 4. The third kappa shape index (κ3) is 2.68. The summed E-state index contributed by atoms with van der Waals surface area (Å²) in [6.07, 6.45) is 1.61. The molecule has 0 aliphatic heterocycles. The van der Waals surface area contributed by atoms with Crippen molar-refractivity contribution in [3.05, 3.63) is 47.2 Å². The van der Waals surface area contributed by atoms with E-state index in [9.17, 15) is 4.79 Å². The average molecular weight is 247 g/mol. The Kier molecular flexibility index (Phi) is 3.32. The van der Waals surface area contributed by atoms with Gasteiger partial charge in [0.2, 0.25) is 5.76 Å². The molecule has 5 nitrogen and oxygen atoms in total. The number of nitrogens with zero attached hydrogens (tertiary/aromatic N) is 1. The van der Waals surface area contributed by atoms with E-state index in [0.717, 1.165) is 5.69 Å². The van der Waals surface area contributed by atoms with Crippen LogP contribution in [0, 0.1) is 13.8 Å². The van der Waals surface area contributed by atoms with Gasteiger partial charge in [-0.2, -0.15) is 0 Å². The maximum absolute atomic E-state index is 10.8. The quantitative estimate of drug-likeness (QED) is 0.898. The fourth-order valence-corrected chi connectivity index (χ4v) is 1.53. The SMILES string of the molecule is Cc1ccc(OCc2cc(C)c(C(=O)O)o2)cn1. The molecule has 2 rings (SSSR count). The summed E-state index contributed by atoms with van der Waals surface area (Å²) >= 11 is 0. The van der Waals surface area contributed by atoms with Gasteiger partial charge in [0.1, 0.15) is 18.1 Å². The average Bonchev–Trinajstić information content (AvgIpc) is 2.70. The van der Waals surface area contributed by atoms with Gasteiger partial charge >= 0.3 is 5.97 Å². The van der Waals surface area contributed by atoms with Crippen molar-refractivity contribution in [1.82, 2.24) is 4.98 Å². The van der Waals surface area contributed by atoms with Crippen molar-refractivity contribution in [2.75, 3.05) is 0 Å². The van der Waals surface area contributed by atoms with Crippen LogP contribution < -0.4 is 4.74 Å². The molecular weight excluding hydrogens is 234 g/mol. The van der Waals surface area contributed by atoms with Crippen LogP contribution >= 0.6 is 0 Å². The van der Waals surface area contributed by atoms with Gasteiger partial charge in [0.25, 0.3) is 0 Å². The maximum atomic E-state index is 10.8. The van der Waals surface area contributed by atoms with E-state index in [1.54, 1.807) is 25.3 Å². The lowest BCUT2D eigenvalue weighted by atomic mass is 10.3. The number of aryl methyl sites for hydroxylation is 2. The molecule has 0 aromatic carbocycles. The maximum Gasteiger partial charge on any atom is 0.372 e. The first kappa shape index (κ1) is 12.2. The minimum absolute atomic E-state index is 0.0457. The summed E-state index contributed by atoms with van der Waals surface area (Å²) in [6, 6.07) is 5.30. The summed E-state index contributed by atoms with van der Waals surface area (Å²) in [5.41, 5.74) is 1.49. The van der Waals surface area contributed by atoms with Gasteiger partial charge in [-0.1, -0.05) is 0 Å². The second-order valence-electron chi connectivity index (χ2n) is 3.95. The molecule has 0 saturated heterocycles. The highest BCUT2D eigenvalue weighted by Gasteiger charge is 2.14. The summed E-state index contributed by atoms with van der Waals surface area (Å²) in [5, 5.41) is 8.85. The van der Waals surface area contributed by atoms with E-state index in [1.807, 2.05) is 13.0 Å². The van der Waals surface area contributed by atoms with Crippen LogP contribution in [0.25, 0.3) is 0 Å². The molecule has 0 fully saturated rings. The number of aromatic carboxylic acids is 1. The van der Waals surface area contributed by atoms with Gasteiger partial charge in [0, 0.05) is 11.3 Å². The highest BCUT2D eigenvalue weighted by Crippen LogP contribution is 2.17. The number of ether oxygens (including phenoxy) is 1. The Balaban J connectivity index is 2.04. The largest absolute Gasteiger partial charge is 0.484 e. The second-order valence-corrected chi connectivity index (χ2v) is 3.95. The first-order valence-electron chi connectivity index (χ1n) is 5.44. The molecule has 2 aromatic heterocycles. The molecule has 0 spiro atoms. The number of carbonyl (C=O) groups is 1. The molecule has 0 aliphatic carbocycles. The highest BCUT2D eigenvalue weighted by molar-refractivity contribution is 5.86. The van der Waals surface area contributed by atoms with Crippen molar-refractivity contribution in [3.8, 4) is 5.75 Å². The zero-order valence-electron chi connectivity index (χ0n) is 10.1. The summed E-state index contributed by atoms with van der Waals surface area (Å²) in [4.78, 5) is 14.9. The second kappa shape index (κ2) is 4.91. The van der Waals surface area contributed by atoms with Crippen molar-refractivity contribution in [1.29, 1.82) is 0 Å². The van der Waals surface area contributed by atoms with Crippen LogP contribution in [0.15, 0.2) is 28.8 Å². The van der Waals surface area contributed by atoms with Crippen LogP contribution in [0.1, 0.15) is 27.6 Å². The normalized spacial score (nSPS) is 10.3. The molecule has 1 N–H and O–H groups in total. The number of hydrogen-bond donors (Lipinski definition) is 1. The molecule has 0 saturated carbocycles. The van der Waals surface area contributed by atoms with Crippen LogP contribution in [0.2, 0.25) is 0 Å². The first-order valence-corrected chi connectivity index (χ1v) is 5.44. The van der Waals surface area contributed by atoms with Crippen molar-refractivity contribution in [3.63, 3.8) is 0 Å². The minimum Gasteiger partial charge on any atom is -0.484 e. The molecule has 2 aromatic rings. The highest BCUT2D eigenvalue weighted by atomic mass is 16.5. The molecule has 2 heterocycles. The lowest BCUT2D eigenvalue weighted by molar-refractivity contribution is 0.0657. The fourth-order valence-electron chi connectivity index (χ4n) is 1.53. The van der Waals surface area contributed by atoms with E-state index in [-0.39, 0.29) is 12.4 Å². The third-order valence-electron chi connectivity index (χ3n) is 2.43. The lowest BCUT2D eigenvalue weighted by Gasteiger charge is -2.03. The Hall–Kier alpha value is -2.30. The summed E-state index contributed by atoms with van der Waals surface area (Å²) in [7, 11) is 0. The Labute approximate surface area is 104 Å². The molecule has 0 aliphatic rings. The monoisotopic (exact) mass is 247 g/mol. The molecule has 0 bridgehead atoms. The molecular formula is C13H13NO4. The Morgan fingerprint density at radius 2 is 2.22 bits per heavy atom. The molecule has 0 atom stereocenters. The van der Waals surface area contributed by atoms with E-state index >= 15 is 0 Å². The zero-order valence-corrected chi connectivity index (χ0v) is 10.1. The molecule has 5 heteroatoms. The fraction of sp³-hybridized carbons (Fsp3) is 0.231. The zero-order chi connectivity index (χ0) is 13.1. The summed E-state index contributed by atoms with van der Waals surface area (Å²) < 4.78 is 10.6. The van der Waals surface area contributed by atoms with Gasteiger partial charge < -0.3 is 14.3 Å². The Bertz CT molecular complexity index is 557. The molecule has 94 valence electrons. The van der Waals surface area contributed by atoms with Crippen LogP contribution in [-0.2, 0) is 6.61 Å². The standard InChI is InChI=1S/C13H13NO4/c1-8-5-11(18-12(8)13(15)16)7-17-10-4-3-9(2)14-6-10/h3-6H,7H2,1-2H3,(H,15,16). The van der Waals surface area contributed by atoms with Crippen LogP contribution in [0.3, 0.4) is 0 Å². The predicted octanol–water partition coefficient (Wildman–Crippen LogP) is 2.57. The number of carboxylic acid groups (broad SMARTS) is 1. The first-order chi connectivity index (χ1) is 8.56. The number of carboxylic acids is 1. The van der Waals surface area contributed by atoms with Gasteiger partial charge in [-0.15, -0.1) is 0 Å². The number of rotatable bonds is 4. The van der Waals surface area contributed by atoms with Crippen LogP contribution in [0.5, 0.6) is 5.75 Å². The van der Waals surface area contributed by atoms with Crippen LogP contribution in [0.4, 0.5) is 0 Å². The van der Waals surface area contributed by atoms with Crippen molar-refractivity contribution < 1.29 is 19.1 Å². The lowest BCUT2D eigenvalue weighted by Crippen LogP contribution is -1.96. The van der Waals surface area contributed by atoms with Crippen molar-refractivity contribution in [2.24, 2.45) is 0 Å². The number of aromatic nitrogens is 1. The van der Waals surface area contributed by atoms with Gasteiger partial charge in [-0.3, -0.25) is 4.98 Å². The van der Waals surface area contributed by atoms with Crippen molar-refractivity contribution in [2.45, 2.75) is 20.5 Å². The topological polar surface area (TPSA) is 72.6 Å². The molecule has 0 unspecified atom stereocenters. The van der Waals surface area contributed by atoms with Gasteiger partial charge in [0.05, 0.1) is 6.20 Å². The summed E-state index contributed by atoms with van der Waals surface area (Å²) in [5.74, 6) is -0.0246. The van der Waals surface area contributed by atoms with Gasteiger partial charge in [-0.25, -0.2) is 4.79 Å². The van der Waals surface area contributed by atoms with Crippen molar-refractivity contribution >= 4 is 5.97 Å². The van der Waals surface area contributed by atoms with E-state index < -0.39 is 5.97 Å². The van der Waals surface area contributed by atoms with Gasteiger partial charge in [0.15, 0.2) is 0 Å². The molecule has 18 heavy (non-hydrogen) atoms. The van der Waals surface area contributed by atoms with E-state index in [1.165, 1.54) is 0 Å². The Morgan fingerprint density at radius 3 is 2.78 bits per heavy atom. The molecule has 0 amide bonds. The molecule has 0 radical (unpaired) electrons. The van der Waals surface area contributed by atoms with Gasteiger partial charge in [-0.05, 0) is 32.0 Å². The van der Waals surface area contributed by atoms with E-state index in [0.29, 0.717) is 17.1 Å². The van der Waals surface area contributed by atoms with E-state index in [2.05, 4.69) is 4.98 Å². The minimum atomic E-state index is -1.07.